The molecule has 5 aromatic rings. The van der Waals surface area contributed by atoms with Crippen molar-refractivity contribution in [2.24, 2.45) is 0 Å². The number of carbonyl (C=O) groups is 2. The summed E-state index contributed by atoms with van der Waals surface area (Å²) in [6.07, 6.45) is -3.90. The maximum absolute atomic E-state index is 12.6. The number of aromatic nitrogens is 5. The first-order chi connectivity index (χ1) is 22.2. The average molecular weight is 666 g/mol. The number of alkyl halides is 3. The van der Waals surface area contributed by atoms with Crippen LogP contribution in [0.1, 0.15) is 35.0 Å². The number of rotatable bonds is 11. The van der Waals surface area contributed by atoms with Crippen molar-refractivity contribution in [1.29, 1.82) is 0 Å². The van der Waals surface area contributed by atoms with Gasteiger partial charge in [0.25, 0.3) is 0 Å². The number of halogens is 3. The summed E-state index contributed by atoms with van der Waals surface area (Å²) >= 11 is 2.79. The molecule has 1 fully saturated rings. The van der Waals surface area contributed by atoms with Gasteiger partial charge in [-0.3, -0.25) is 9.59 Å². The summed E-state index contributed by atoms with van der Waals surface area (Å²) < 4.78 is 41.4. The summed E-state index contributed by atoms with van der Waals surface area (Å²) in [5.74, 6) is -0.698. The van der Waals surface area contributed by atoms with E-state index in [1.54, 1.807) is 12.1 Å². The predicted molar refractivity (Wildman–Crippen MR) is 167 cm³/mol. The van der Waals surface area contributed by atoms with E-state index in [9.17, 15) is 22.8 Å². The average Bonchev–Trinajstić information content (AvgIpc) is 3.79. The van der Waals surface area contributed by atoms with Crippen LogP contribution in [0, 0.1) is 0 Å². The normalized spacial score (nSPS) is 14.8. The number of anilines is 2. The van der Waals surface area contributed by atoms with Crippen molar-refractivity contribution >= 4 is 44.6 Å². The number of nitrogens with zero attached hydrogens (tertiary/aromatic N) is 6. The number of amides is 1. The molecule has 1 unspecified atom stereocenters. The number of hydrogen-bond acceptors (Lipinski definition) is 11. The van der Waals surface area contributed by atoms with Gasteiger partial charge in [0, 0.05) is 36.4 Å². The molecule has 3 aromatic heterocycles. The fraction of sp³-hybridized carbons (Fsp3) is 0.258. The highest BCUT2D eigenvalue weighted by molar-refractivity contribution is 7.19. The minimum Gasteiger partial charge on any atom is -0.406 e. The molecule has 6 rings (SSSR count). The van der Waals surface area contributed by atoms with E-state index in [0.29, 0.717) is 33.8 Å². The summed E-state index contributed by atoms with van der Waals surface area (Å²) in [7, 11) is 0. The molecule has 0 spiro atoms. The smallest absolute Gasteiger partial charge is 0.406 e. The predicted octanol–water partition coefficient (Wildman–Crippen LogP) is 5.88. The van der Waals surface area contributed by atoms with Gasteiger partial charge in [-0.15, -0.1) is 34.7 Å². The molecule has 2 aromatic carbocycles. The van der Waals surface area contributed by atoms with Gasteiger partial charge in [-0.25, -0.2) is 4.98 Å². The van der Waals surface area contributed by atoms with E-state index in [0.717, 1.165) is 29.2 Å². The van der Waals surface area contributed by atoms with Crippen LogP contribution in [-0.4, -0.2) is 56.5 Å². The Bertz CT molecular complexity index is 1810. The van der Waals surface area contributed by atoms with Crippen molar-refractivity contribution in [2.45, 2.75) is 38.0 Å². The van der Waals surface area contributed by atoms with Crippen molar-refractivity contribution in [3.8, 4) is 16.3 Å². The first kappa shape index (κ1) is 31.2. The molecule has 0 saturated carbocycles. The molecular formula is C31H26F3N7O3S2. The summed E-state index contributed by atoms with van der Waals surface area (Å²) in [4.78, 5) is 31.8. The summed E-state index contributed by atoms with van der Waals surface area (Å²) in [5, 5.41) is 23.6. The second-order valence-electron chi connectivity index (χ2n) is 10.6. The molecule has 1 N–H and O–H groups in total. The number of nitrogens with one attached hydrogen (secondary N) is 1. The first-order valence-corrected chi connectivity index (χ1v) is 15.9. The number of Topliss-reactive ketones (excluding diaryl/α,β-unsaturated/α-hetero) is 1. The second-order valence-corrected chi connectivity index (χ2v) is 12.4. The highest BCUT2D eigenvalue weighted by Crippen LogP contribution is 2.33. The van der Waals surface area contributed by atoms with E-state index >= 15 is 0 Å². The van der Waals surface area contributed by atoms with Gasteiger partial charge in [-0.1, -0.05) is 53.8 Å². The van der Waals surface area contributed by atoms with Crippen molar-refractivity contribution in [3.05, 3.63) is 94.8 Å². The maximum atomic E-state index is 12.6. The van der Waals surface area contributed by atoms with E-state index in [1.165, 1.54) is 40.9 Å². The lowest BCUT2D eigenvalue weighted by atomic mass is 10.0. The topological polar surface area (TPSA) is 123 Å². The zero-order chi connectivity index (χ0) is 32.1. The molecule has 1 saturated heterocycles. The minimum atomic E-state index is -4.80. The molecule has 1 amide bonds. The molecule has 4 heterocycles. The zero-order valence-corrected chi connectivity index (χ0v) is 25.7. The molecule has 10 nitrogen and oxygen atoms in total. The van der Waals surface area contributed by atoms with Crippen molar-refractivity contribution < 1.29 is 27.5 Å². The Hall–Kier alpha value is -4.76. The number of hydrogen-bond donors (Lipinski definition) is 1. The van der Waals surface area contributed by atoms with Gasteiger partial charge in [0.05, 0.1) is 29.9 Å². The Morgan fingerprint density at radius 1 is 0.935 bits per heavy atom. The number of ketones is 1. The number of benzene rings is 2. The lowest BCUT2D eigenvalue weighted by Gasteiger charge is -2.13. The third-order valence-electron chi connectivity index (χ3n) is 7.10. The summed E-state index contributed by atoms with van der Waals surface area (Å²) in [6.45, 7) is 1.38. The molecule has 1 atom stereocenters. The largest absolute Gasteiger partial charge is 0.573 e. The third-order valence-corrected chi connectivity index (χ3v) is 8.94. The Balaban J connectivity index is 0.977. The van der Waals surface area contributed by atoms with Crippen LogP contribution in [0.2, 0.25) is 0 Å². The quantitative estimate of drug-likeness (QED) is 0.184. The van der Waals surface area contributed by atoms with E-state index < -0.39 is 6.36 Å². The molecule has 15 heteroatoms. The first-order valence-electron chi connectivity index (χ1n) is 14.2. The minimum absolute atomic E-state index is 0.00434. The lowest BCUT2D eigenvalue weighted by Crippen LogP contribution is -2.19. The van der Waals surface area contributed by atoms with Gasteiger partial charge in [0.2, 0.25) is 16.2 Å². The van der Waals surface area contributed by atoms with E-state index in [-0.39, 0.29) is 42.6 Å². The highest BCUT2D eigenvalue weighted by atomic mass is 32.1. The second kappa shape index (κ2) is 13.7. The van der Waals surface area contributed by atoms with Gasteiger partial charge in [0.1, 0.15) is 16.5 Å². The lowest BCUT2D eigenvalue weighted by molar-refractivity contribution is -0.274. The standard InChI is InChI=1S/C31H26F3N7O3S2/c32-31(33,34)44-25-8-4-5-19(14-25)13-24(42)15-22-9-10-26(38-37-22)21-11-12-41(17-21)30-40-39-29(46-30)36-27(43)16-23-18-45-28(35-23)20-6-2-1-3-7-20/h1-10,14,18,21H,11-13,15-17H2,(H,36,39,43). The van der Waals surface area contributed by atoms with Crippen LogP contribution in [-0.2, 0) is 28.9 Å². The van der Waals surface area contributed by atoms with Crippen LogP contribution in [0.15, 0.2) is 72.1 Å². The van der Waals surface area contributed by atoms with Gasteiger partial charge in [0.15, 0.2) is 0 Å². The van der Waals surface area contributed by atoms with E-state index in [1.807, 2.05) is 41.8 Å². The van der Waals surface area contributed by atoms with Gasteiger partial charge < -0.3 is 15.0 Å². The highest BCUT2D eigenvalue weighted by Gasteiger charge is 2.31. The molecule has 0 radical (unpaired) electrons. The molecule has 1 aliphatic rings. The monoisotopic (exact) mass is 665 g/mol. The third kappa shape index (κ3) is 8.28. The van der Waals surface area contributed by atoms with Crippen LogP contribution in [0.25, 0.3) is 10.6 Å². The van der Waals surface area contributed by atoms with Gasteiger partial charge in [-0.2, -0.15) is 10.2 Å². The number of ether oxygens (including phenoxy) is 1. The summed E-state index contributed by atoms with van der Waals surface area (Å²) in [5.41, 5.74) is 3.38. The Labute approximate surface area is 269 Å². The Morgan fingerprint density at radius 3 is 2.57 bits per heavy atom. The van der Waals surface area contributed by atoms with Gasteiger partial charge >= 0.3 is 6.36 Å². The van der Waals surface area contributed by atoms with Crippen LogP contribution < -0.4 is 15.0 Å². The molecule has 46 heavy (non-hydrogen) atoms. The van der Waals surface area contributed by atoms with Crippen LogP contribution >= 0.6 is 22.7 Å². The SMILES string of the molecule is O=C(Cc1cccc(OC(F)(F)F)c1)Cc1ccc(C2CCN(c3nnc(NC(=O)Cc4csc(-c5ccccc5)n4)s3)C2)nn1. The van der Waals surface area contributed by atoms with E-state index in [2.05, 4.69) is 40.3 Å². The van der Waals surface area contributed by atoms with E-state index in [4.69, 9.17) is 0 Å². The Kier molecular flexibility index (Phi) is 9.30. The van der Waals surface area contributed by atoms with Crippen molar-refractivity contribution in [3.63, 3.8) is 0 Å². The van der Waals surface area contributed by atoms with Crippen LogP contribution in [0.3, 0.4) is 0 Å². The molecule has 0 bridgehead atoms. The number of carbonyl (C=O) groups excluding carboxylic acids is 2. The summed E-state index contributed by atoms with van der Waals surface area (Å²) in [6, 6.07) is 18.8. The van der Waals surface area contributed by atoms with Gasteiger partial charge in [-0.05, 0) is 36.2 Å². The van der Waals surface area contributed by atoms with Crippen molar-refractivity contribution in [1.82, 2.24) is 25.4 Å². The van der Waals surface area contributed by atoms with Crippen LogP contribution in [0.5, 0.6) is 5.75 Å². The zero-order valence-electron chi connectivity index (χ0n) is 24.1. The van der Waals surface area contributed by atoms with Crippen molar-refractivity contribution in [2.75, 3.05) is 23.3 Å². The fourth-order valence-electron chi connectivity index (χ4n) is 5.03. The maximum Gasteiger partial charge on any atom is 0.573 e. The van der Waals surface area contributed by atoms with Crippen LogP contribution in [0.4, 0.5) is 23.4 Å². The number of thiazole rings is 1. The molecule has 236 valence electrons. The Morgan fingerprint density at radius 2 is 1.78 bits per heavy atom. The molecular weight excluding hydrogens is 640 g/mol. The molecule has 0 aliphatic carbocycles. The molecule has 1 aliphatic heterocycles. The fourth-order valence-corrected chi connectivity index (χ4v) is 6.65.